The third-order valence-corrected chi connectivity index (χ3v) is 7.18. The summed E-state index contributed by atoms with van der Waals surface area (Å²) in [5, 5.41) is 5.03. The molecule has 2 aliphatic rings. The summed E-state index contributed by atoms with van der Waals surface area (Å²) < 4.78 is 0. The van der Waals surface area contributed by atoms with Crippen molar-refractivity contribution in [2.75, 3.05) is 18.0 Å². The van der Waals surface area contributed by atoms with Crippen LogP contribution in [0.25, 0.3) is 0 Å². The number of carbonyl (C=O) groups excluding carboxylic acids is 2. The second-order valence-corrected chi connectivity index (χ2v) is 9.10. The standard InChI is InChI=1S/C25H25N3O2S/c29-24(23-11-6-14-31-23)26-15-20-12-13-21-17-28(25(30)18-7-2-1-3-8-18)22-10-5-4-9-19(22)16-27(20)21/h1-11,14,20-21H,12-13,15-17H2,(H,26,29). The van der Waals surface area contributed by atoms with Crippen LogP contribution < -0.4 is 10.2 Å². The van der Waals surface area contributed by atoms with Crippen molar-refractivity contribution in [3.8, 4) is 0 Å². The van der Waals surface area contributed by atoms with E-state index in [4.69, 9.17) is 0 Å². The van der Waals surface area contributed by atoms with Crippen LogP contribution in [-0.2, 0) is 6.54 Å². The van der Waals surface area contributed by atoms with Crippen molar-refractivity contribution in [3.63, 3.8) is 0 Å². The minimum absolute atomic E-state index is 0.00504. The Morgan fingerprint density at radius 3 is 2.58 bits per heavy atom. The number of fused-ring (bicyclic) bond motifs is 2. The maximum absolute atomic E-state index is 13.4. The van der Waals surface area contributed by atoms with Gasteiger partial charge in [-0.15, -0.1) is 11.3 Å². The van der Waals surface area contributed by atoms with Crippen LogP contribution in [-0.4, -0.2) is 41.9 Å². The molecule has 5 rings (SSSR count). The molecule has 0 bridgehead atoms. The summed E-state index contributed by atoms with van der Waals surface area (Å²) in [6.45, 7) is 2.08. The van der Waals surface area contributed by atoms with Gasteiger partial charge in [0.2, 0.25) is 0 Å². The zero-order chi connectivity index (χ0) is 21.2. The number of anilines is 1. The minimum atomic E-state index is -0.00504. The number of hydrogen-bond acceptors (Lipinski definition) is 4. The molecule has 0 aliphatic carbocycles. The Morgan fingerprint density at radius 2 is 1.77 bits per heavy atom. The van der Waals surface area contributed by atoms with Crippen molar-refractivity contribution in [2.24, 2.45) is 0 Å². The van der Waals surface area contributed by atoms with Gasteiger partial charge in [-0.1, -0.05) is 42.5 Å². The van der Waals surface area contributed by atoms with Crippen LogP contribution in [0.5, 0.6) is 0 Å². The molecule has 31 heavy (non-hydrogen) atoms. The Labute approximate surface area is 186 Å². The van der Waals surface area contributed by atoms with Crippen LogP contribution in [0.15, 0.2) is 72.1 Å². The second-order valence-electron chi connectivity index (χ2n) is 8.16. The molecule has 6 heteroatoms. The van der Waals surface area contributed by atoms with Crippen LogP contribution in [0.3, 0.4) is 0 Å². The molecule has 1 fully saturated rings. The van der Waals surface area contributed by atoms with Crippen LogP contribution >= 0.6 is 11.3 Å². The molecule has 158 valence electrons. The summed E-state index contributed by atoms with van der Waals surface area (Å²) in [6.07, 6.45) is 2.04. The highest BCUT2D eigenvalue weighted by Gasteiger charge is 2.39. The first-order valence-electron chi connectivity index (χ1n) is 10.7. The topological polar surface area (TPSA) is 52.7 Å². The summed E-state index contributed by atoms with van der Waals surface area (Å²) in [7, 11) is 0. The monoisotopic (exact) mass is 431 g/mol. The number of amides is 2. The van der Waals surface area contributed by atoms with Gasteiger partial charge in [0, 0.05) is 43.0 Å². The van der Waals surface area contributed by atoms with Gasteiger partial charge in [-0.2, -0.15) is 0 Å². The van der Waals surface area contributed by atoms with Gasteiger partial charge < -0.3 is 10.2 Å². The van der Waals surface area contributed by atoms with E-state index in [0.29, 0.717) is 18.7 Å². The number of thiophene rings is 1. The molecule has 2 unspecified atom stereocenters. The molecule has 0 radical (unpaired) electrons. The summed E-state index contributed by atoms with van der Waals surface area (Å²) in [5.41, 5.74) is 2.86. The number of nitrogens with one attached hydrogen (secondary N) is 1. The van der Waals surface area contributed by atoms with Crippen molar-refractivity contribution in [2.45, 2.75) is 31.5 Å². The zero-order valence-electron chi connectivity index (χ0n) is 17.2. The van der Waals surface area contributed by atoms with E-state index < -0.39 is 0 Å². The Bertz CT molecular complexity index is 1070. The number of hydrogen-bond donors (Lipinski definition) is 1. The van der Waals surface area contributed by atoms with Gasteiger partial charge in [0.25, 0.3) is 11.8 Å². The molecule has 2 aromatic carbocycles. The van der Waals surface area contributed by atoms with E-state index >= 15 is 0 Å². The smallest absolute Gasteiger partial charge is 0.261 e. The minimum Gasteiger partial charge on any atom is -0.350 e. The number of nitrogens with zero attached hydrogens (tertiary/aromatic N) is 2. The molecule has 3 heterocycles. The molecular weight excluding hydrogens is 406 g/mol. The van der Waals surface area contributed by atoms with Gasteiger partial charge in [-0.25, -0.2) is 0 Å². The number of benzene rings is 2. The summed E-state index contributed by atoms with van der Waals surface area (Å²) in [6, 6.07) is 22.0. The van der Waals surface area contributed by atoms with Crippen LogP contribution in [0, 0.1) is 0 Å². The maximum atomic E-state index is 13.4. The first-order chi connectivity index (χ1) is 15.2. The van der Waals surface area contributed by atoms with Gasteiger partial charge >= 0.3 is 0 Å². The lowest BCUT2D eigenvalue weighted by Gasteiger charge is -2.29. The molecule has 1 aromatic heterocycles. The van der Waals surface area contributed by atoms with E-state index in [1.807, 2.05) is 70.9 Å². The highest BCUT2D eigenvalue weighted by molar-refractivity contribution is 7.12. The van der Waals surface area contributed by atoms with Crippen LogP contribution in [0.4, 0.5) is 5.69 Å². The Balaban J connectivity index is 1.37. The summed E-state index contributed by atoms with van der Waals surface area (Å²) in [5.74, 6) is 0.0407. The first kappa shape index (κ1) is 20.0. The van der Waals surface area contributed by atoms with E-state index in [0.717, 1.165) is 35.5 Å². The third-order valence-electron chi connectivity index (χ3n) is 6.31. The average molecular weight is 432 g/mol. The Hall–Kier alpha value is -2.96. The number of para-hydroxylation sites is 1. The molecular formula is C25H25N3O2S. The first-order valence-corrected chi connectivity index (χ1v) is 11.6. The lowest BCUT2D eigenvalue weighted by molar-refractivity contribution is 0.0938. The normalized spacial score (nSPS) is 20.6. The zero-order valence-corrected chi connectivity index (χ0v) is 18.1. The highest BCUT2D eigenvalue weighted by Crippen LogP contribution is 2.35. The van der Waals surface area contributed by atoms with Crippen molar-refractivity contribution >= 4 is 28.8 Å². The molecule has 2 aliphatic heterocycles. The fraction of sp³-hybridized carbons (Fsp3) is 0.280. The van der Waals surface area contributed by atoms with Crippen LogP contribution in [0.2, 0.25) is 0 Å². The van der Waals surface area contributed by atoms with Gasteiger partial charge in [0.05, 0.1) is 4.88 Å². The molecule has 1 N–H and O–H groups in total. The van der Waals surface area contributed by atoms with Gasteiger partial charge in [-0.05, 0) is 48.1 Å². The van der Waals surface area contributed by atoms with Crippen molar-refractivity contribution in [3.05, 3.63) is 88.1 Å². The lowest BCUT2D eigenvalue weighted by Crippen LogP contribution is -2.45. The van der Waals surface area contributed by atoms with Crippen LogP contribution in [0.1, 0.15) is 38.4 Å². The summed E-state index contributed by atoms with van der Waals surface area (Å²) >= 11 is 1.46. The average Bonchev–Trinajstić information content (AvgIpc) is 3.44. The van der Waals surface area contributed by atoms with Crippen molar-refractivity contribution < 1.29 is 9.59 Å². The SMILES string of the molecule is O=C(NCC1CCC2CN(C(=O)c3ccccc3)c3ccccc3CN12)c1cccs1. The molecule has 2 atom stereocenters. The number of rotatable bonds is 4. The quantitative estimate of drug-likeness (QED) is 0.675. The molecule has 2 amide bonds. The second kappa shape index (κ2) is 8.65. The molecule has 5 nitrogen and oxygen atoms in total. The highest BCUT2D eigenvalue weighted by atomic mass is 32.1. The molecule has 1 saturated heterocycles. The maximum Gasteiger partial charge on any atom is 0.261 e. The Kier molecular flexibility index (Phi) is 5.57. The van der Waals surface area contributed by atoms with E-state index in [1.54, 1.807) is 0 Å². The number of carbonyl (C=O) groups is 2. The largest absolute Gasteiger partial charge is 0.350 e. The lowest BCUT2D eigenvalue weighted by atomic mass is 10.1. The fourth-order valence-corrected chi connectivity index (χ4v) is 5.38. The van der Waals surface area contributed by atoms with Gasteiger partial charge in [0.15, 0.2) is 0 Å². The van der Waals surface area contributed by atoms with E-state index in [9.17, 15) is 9.59 Å². The van der Waals surface area contributed by atoms with Crippen molar-refractivity contribution in [1.82, 2.24) is 10.2 Å². The van der Waals surface area contributed by atoms with E-state index in [-0.39, 0.29) is 23.9 Å². The summed E-state index contributed by atoms with van der Waals surface area (Å²) in [4.78, 5) is 31.0. The third kappa shape index (κ3) is 4.01. The van der Waals surface area contributed by atoms with Crippen molar-refractivity contribution in [1.29, 1.82) is 0 Å². The molecule has 0 spiro atoms. The Morgan fingerprint density at radius 1 is 0.968 bits per heavy atom. The van der Waals surface area contributed by atoms with E-state index in [2.05, 4.69) is 16.3 Å². The fourth-order valence-electron chi connectivity index (χ4n) is 4.74. The predicted molar refractivity (Wildman–Crippen MR) is 124 cm³/mol. The van der Waals surface area contributed by atoms with Gasteiger partial charge in [0.1, 0.15) is 0 Å². The molecule has 3 aromatic rings. The van der Waals surface area contributed by atoms with Gasteiger partial charge in [-0.3, -0.25) is 14.5 Å². The van der Waals surface area contributed by atoms with E-state index in [1.165, 1.54) is 11.3 Å². The predicted octanol–water partition coefficient (Wildman–Crippen LogP) is 4.17. The molecule has 0 saturated carbocycles.